The lowest BCUT2D eigenvalue weighted by atomic mass is 10.3. The molecule has 1 amide bonds. The van der Waals surface area contributed by atoms with Gasteiger partial charge in [-0.3, -0.25) is 9.59 Å². The highest BCUT2D eigenvalue weighted by Gasteiger charge is 2.17. The van der Waals surface area contributed by atoms with Crippen molar-refractivity contribution in [2.45, 2.75) is 13.8 Å². The zero-order valence-electron chi connectivity index (χ0n) is 14.8. The maximum absolute atomic E-state index is 12.8. The number of carbonyl (C=O) groups excluding carboxylic acids is 1. The molecule has 2 heterocycles. The Morgan fingerprint density at radius 1 is 1.20 bits per heavy atom. The monoisotopic (exact) mass is 341 g/mol. The number of amides is 1. The number of para-hydroxylation sites is 2. The van der Waals surface area contributed by atoms with E-state index in [1.807, 2.05) is 35.9 Å². The van der Waals surface area contributed by atoms with Crippen molar-refractivity contribution in [3.8, 4) is 0 Å². The number of hydrogen-bond acceptors (Lipinski definition) is 4. The summed E-state index contributed by atoms with van der Waals surface area (Å²) in [7, 11) is 1.86. The van der Waals surface area contributed by atoms with Crippen molar-refractivity contribution in [3.63, 3.8) is 0 Å². The predicted molar refractivity (Wildman–Crippen MR) is 98.1 cm³/mol. The summed E-state index contributed by atoms with van der Waals surface area (Å²) >= 11 is 0. The van der Waals surface area contributed by atoms with Crippen molar-refractivity contribution >= 4 is 22.7 Å². The molecule has 0 saturated carbocycles. The van der Waals surface area contributed by atoms with Crippen molar-refractivity contribution in [2.24, 2.45) is 7.05 Å². The first-order chi connectivity index (χ1) is 12.1. The van der Waals surface area contributed by atoms with E-state index in [0.717, 1.165) is 30.7 Å². The zero-order valence-corrected chi connectivity index (χ0v) is 14.8. The molecule has 3 aromatic rings. The number of imidazole rings is 1. The van der Waals surface area contributed by atoms with E-state index in [9.17, 15) is 9.59 Å². The quantitative estimate of drug-likeness (QED) is 0.733. The Morgan fingerprint density at radius 3 is 2.56 bits per heavy atom. The Hall–Kier alpha value is -2.67. The Morgan fingerprint density at radius 2 is 1.88 bits per heavy atom. The molecule has 0 atom stereocenters. The van der Waals surface area contributed by atoms with E-state index in [2.05, 4.69) is 29.0 Å². The van der Waals surface area contributed by atoms with E-state index in [4.69, 9.17) is 0 Å². The molecule has 7 heteroatoms. The second kappa shape index (κ2) is 7.06. The molecule has 0 aliphatic rings. The second-order valence-electron chi connectivity index (χ2n) is 5.94. The van der Waals surface area contributed by atoms with E-state index >= 15 is 0 Å². The molecule has 132 valence electrons. The number of aryl methyl sites for hydroxylation is 1. The summed E-state index contributed by atoms with van der Waals surface area (Å²) in [6.07, 6.45) is 1.36. The standard InChI is InChI=1S/C18H23N5O2/c1-4-22(5-2)11-10-19-16(24)13-12-20-18-21(3)14-8-6-7-9-15(14)23(18)17(13)25/h6-9,12H,4-5,10-11H2,1-3H3,(H,19,24). The number of likely N-dealkylation sites (N-methyl/N-ethyl adjacent to an activating group) is 1. The topological polar surface area (TPSA) is 71.6 Å². The third-order valence-electron chi connectivity index (χ3n) is 4.58. The van der Waals surface area contributed by atoms with Crippen LogP contribution in [0.5, 0.6) is 0 Å². The summed E-state index contributed by atoms with van der Waals surface area (Å²) in [5.41, 5.74) is 1.36. The van der Waals surface area contributed by atoms with E-state index in [1.54, 1.807) is 0 Å². The van der Waals surface area contributed by atoms with Crippen LogP contribution >= 0.6 is 0 Å². The van der Waals surface area contributed by atoms with Crippen LogP contribution in [0.4, 0.5) is 0 Å². The van der Waals surface area contributed by atoms with E-state index in [-0.39, 0.29) is 17.0 Å². The fourth-order valence-electron chi connectivity index (χ4n) is 3.06. The van der Waals surface area contributed by atoms with Gasteiger partial charge < -0.3 is 14.8 Å². The van der Waals surface area contributed by atoms with Gasteiger partial charge in [0.1, 0.15) is 5.56 Å². The van der Waals surface area contributed by atoms with Crippen LogP contribution in [0.1, 0.15) is 24.2 Å². The van der Waals surface area contributed by atoms with Gasteiger partial charge in [-0.2, -0.15) is 0 Å². The van der Waals surface area contributed by atoms with Crippen molar-refractivity contribution in [1.29, 1.82) is 0 Å². The van der Waals surface area contributed by atoms with Crippen molar-refractivity contribution in [1.82, 2.24) is 24.2 Å². The number of hydrogen-bond donors (Lipinski definition) is 1. The first-order valence-electron chi connectivity index (χ1n) is 8.54. The SMILES string of the molecule is CCN(CC)CCNC(=O)c1cnc2n(C)c3ccccc3n2c1=O. The third-order valence-corrected chi connectivity index (χ3v) is 4.58. The molecule has 1 aromatic carbocycles. The smallest absolute Gasteiger partial charge is 0.272 e. The largest absolute Gasteiger partial charge is 0.351 e. The Kier molecular flexibility index (Phi) is 4.85. The van der Waals surface area contributed by atoms with Crippen LogP contribution in [-0.4, -0.2) is 50.9 Å². The minimum Gasteiger partial charge on any atom is -0.351 e. The Labute approximate surface area is 145 Å². The van der Waals surface area contributed by atoms with Crippen LogP contribution in [0.3, 0.4) is 0 Å². The molecule has 2 aromatic heterocycles. The molecule has 0 aliphatic carbocycles. The minimum absolute atomic E-state index is 0.0633. The molecule has 7 nitrogen and oxygen atoms in total. The molecule has 0 unspecified atom stereocenters. The van der Waals surface area contributed by atoms with Gasteiger partial charge in [0.15, 0.2) is 0 Å². The fourth-order valence-corrected chi connectivity index (χ4v) is 3.06. The molecule has 3 rings (SSSR count). The van der Waals surface area contributed by atoms with Crippen LogP contribution in [0.2, 0.25) is 0 Å². The number of aromatic nitrogens is 3. The highest BCUT2D eigenvalue weighted by molar-refractivity contribution is 5.94. The summed E-state index contributed by atoms with van der Waals surface area (Å²) < 4.78 is 3.34. The maximum Gasteiger partial charge on any atom is 0.272 e. The Bertz CT molecular complexity index is 969. The van der Waals surface area contributed by atoms with Gasteiger partial charge in [0.25, 0.3) is 11.5 Å². The third kappa shape index (κ3) is 3.02. The van der Waals surface area contributed by atoms with Gasteiger partial charge in [0, 0.05) is 26.3 Å². The summed E-state index contributed by atoms with van der Waals surface area (Å²) in [5, 5.41) is 2.82. The van der Waals surface area contributed by atoms with Crippen LogP contribution in [0.25, 0.3) is 16.8 Å². The average Bonchev–Trinajstić information content (AvgIpc) is 2.92. The molecular formula is C18H23N5O2. The average molecular weight is 341 g/mol. The molecule has 0 bridgehead atoms. The van der Waals surface area contributed by atoms with Gasteiger partial charge >= 0.3 is 0 Å². The normalized spacial score (nSPS) is 11.5. The first-order valence-corrected chi connectivity index (χ1v) is 8.54. The number of fused-ring (bicyclic) bond motifs is 3. The molecular weight excluding hydrogens is 318 g/mol. The molecule has 25 heavy (non-hydrogen) atoms. The number of nitrogens with zero attached hydrogens (tertiary/aromatic N) is 4. The number of rotatable bonds is 6. The van der Waals surface area contributed by atoms with Crippen LogP contribution in [0.15, 0.2) is 35.3 Å². The molecule has 0 radical (unpaired) electrons. The number of benzene rings is 1. The number of nitrogens with one attached hydrogen (secondary N) is 1. The fraction of sp³-hybridized carbons (Fsp3) is 0.389. The van der Waals surface area contributed by atoms with E-state index in [0.29, 0.717) is 12.3 Å². The summed E-state index contributed by atoms with van der Waals surface area (Å²) in [6, 6.07) is 7.55. The Balaban J connectivity index is 1.93. The van der Waals surface area contributed by atoms with Gasteiger partial charge in [-0.1, -0.05) is 26.0 Å². The van der Waals surface area contributed by atoms with E-state index in [1.165, 1.54) is 10.6 Å². The summed E-state index contributed by atoms with van der Waals surface area (Å²) in [6.45, 7) is 7.27. The lowest BCUT2D eigenvalue weighted by molar-refractivity contribution is 0.0947. The van der Waals surface area contributed by atoms with Crippen LogP contribution in [0, 0.1) is 0 Å². The lowest BCUT2D eigenvalue weighted by Gasteiger charge is -2.17. The van der Waals surface area contributed by atoms with Crippen LogP contribution in [-0.2, 0) is 7.05 Å². The zero-order chi connectivity index (χ0) is 18.0. The van der Waals surface area contributed by atoms with Gasteiger partial charge in [-0.25, -0.2) is 9.38 Å². The van der Waals surface area contributed by atoms with E-state index < -0.39 is 0 Å². The molecule has 0 fully saturated rings. The minimum atomic E-state index is -0.382. The molecule has 1 N–H and O–H groups in total. The highest BCUT2D eigenvalue weighted by Crippen LogP contribution is 2.16. The summed E-state index contributed by atoms with van der Waals surface area (Å²) in [5.74, 6) is 0.137. The molecule has 0 saturated heterocycles. The second-order valence-corrected chi connectivity index (χ2v) is 5.94. The highest BCUT2D eigenvalue weighted by atomic mass is 16.2. The molecule has 0 spiro atoms. The van der Waals surface area contributed by atoms with Crippen LogP contribution < -0.4 is 10.9 Å². The lowest BCUT2D eigenvalue weighted by Crippen LogP contribution is -2.37. The molecule has 0 aliphatic heterocycles. The van der Waals surface area contributed by atoms with Gasteiger partial charge in [-0.05, 0) is 25.2 Å². The van der Waals surface area contributed by atoms with Gasteiger partial charge in [-0.15, -0.1) is 0 Å². The van der Waals surface area contributed by atoms with Gasteiger partial charge in [0.2, 0.25) is 5.78 Å². The first kappa shape index (κ1) is 17.2. The van der Waals surface area contributed by atoms with Crippen molar-refractivity contribution < 1.29 is 4.79 Å². The predicted octanol–water partition coefficient (Wildman–Crippen LogP) is 1.26. The van der Waals surface area contributed by atoms with Gasteiger partial charge in [0.05, 0.1) is 11.0 Å². The number of carbonyl (C=O) groups is 1. The maximum atomic E-state index is 12.8. The summed E-state index contributed by atoms with van der Waals surface area (Å²) in [4.78, 5) is 31.8. The van der Waals surface area contributed by atoms with Crippen molar-refractivity contribution in [3.05, 3.63) is 46.4 Å². The van der Waals surface area contributed by atoms with Crippen molar-refractivity contribution in [2.75, 3.05) is 26.2 Å².